The third-order valence-corrected chi connectivity index (χ3v) is 11.6. The highest BCUT2D eigenvalue weighted by Gasteiger charge is 2.51. The molecule has 3 amide bonds. The first-order valence-electron chi connectivity index (χ1n) is 19.8. The summed E-state index contributed by atoms with van der Waals surface area (Å²) < 4.78 is 10.6. The van der Waals surface area contributed by atoms with E-state index in [9.17, 15) is 14.4 Å². The number of carbonyl (C=O) groups excluding carboxylic acids is 3. The summed E-state index contributed by atoms with van der Waals surface area (Å²) in [5, 5.41) is 4.94. The molecule has 5 atom stereocenters. The van der Waals surface area contributed by atoms with Crippen LogP contribution in [0.2, 0.25) is 0 Å². The van der Waals surface area contributed by atoms with E-state index >= 15 is 0 Å². The van der Waals surface area contributed by atoms with Gasteiger partial charge in [0.15, 0.2) is 0 Å². The van der Waals surface area contributed by atoms with Gasteiger partial charge >= 0.3 is 12.2 Å². The first kappa shape index (κ1) is 37.3. The number of alkyl carbamates (subject to hydrolysis) is 1. The van der Waals surface area contributed by atoms with Crippen molar-refractivity contribution in [3.05, 3.63) is 84.7 Å². The summed E-state index contributed by atoms with van der Waals surface area (Å²) in [6, 6.07) is 20.6. The fraction of sp³-hybridized carbons (Fsp3) is 0.432. The van der Waals surface area contributed by atoms with Gasteiger partial charge in [-0.15, -0.1) is 0 Å². The zero-order valence-corrected chi connectivity index (χ0v) is 33.0. The number of methoxy groups -OCH3 is 1. The zero-order valence-electron chi connectivity index (χ0n) is 33.0. The van der Waals surface area contributed by atoms with Gasteiger partial charge in [-0.1, -0.05) is 62.4 Å². The monoisotopic (exact) mass is 757 g/mol. The fourth-order valence-corrected chi connectivity index (χ4v) is 8.83. The number of hydrogen-bond donors (Lipinski definition) is 3. The van der Waals surface area contributed by atoms with Crippen molar-refractivity contribution in [1.29, 1.82) is 0 Å². The molecule has 0 spiro atoms. The van der Waals surface area contributed by atoms with Crippen molar-refractivity contribution < 1.29 is 23.9 Å². The lowest BCUT2D eigenvalue weighted by atomic mass is 9.98. The number of nitrogens with one attached hydrogen (secondary N) is 3. The van der Waals surface area contributed by atoms with Crippen molar-refractivity contribution >= 4 is 28.9 Å². The molecular weight excluding hydrogens is 707 g/mol. The lowest BCUT2D eigenvalue weighted by Crippen LogP contribution is -2.51. The number of benzene rings is 3. The molecule has 2 bridgehead atoms. The average Bonchev–Trinajstić information content (AvgIpc) is 4.04. The van der Waals surface area contributed by atoms with Gasteiger partial charge in [-0.2, -0.15) is 0 Å². The lowest BCUT2D eigenvalue weighted by molar-refractivity contribution is -0.135. The Balaban J connectivity index is 0.955. The number of hydrogen-bond acceptors (Lipinski definition) is 7. The van der Waals surface area contributed by atoms with Crippen molar-refractivity contribution in [3.8, 4) is 33.6 Å². The van der Waals surface area contributed by atoms with Gasteiger partial charge in [0.25, 0.3) is 0 Å². The van der Waals surface area contributed by atoms with E-state index in [1.165, 1.54) is 7.11 Å². The molecule has 1 saturated carbocycles. The summed E-state index contributed by atoms with van der Waals surface area (Å²) in [6.07, 6.45) is 7.59. The lowest BCUT2D eigenvalue weighted by Gasteiger charge is -2.35. The molecule has 5 aromatic rings. The molecule has 8 rings (SSSR count). The Morgan fingerprint density at radius 1 is 0.821 bits per heavy atom. The molecule has 2 aliphatic heterocycles. The standard InChI is InChI=1S/C44H51N7O5/c1-25(2)37(49-42(53)55-6)41(52)50-19-7-8-36(50)39-45-24-35(47-39)31-16-15-29-20-28(13-14-30(29)21-31)26-9-11-27(12-10-26)34-23-46-40(48-34)38-32-17-18-33(22-32)51(38)43(54)56-44(3,4)5/h9-16,20-21,23-25,32-33,36-38H,7-8,17-19,22H2,1-6H3,(H,45,47)(H,46,48)(H,49,53)/t32-,33+,36+,37+,38+/m1/s1. The minimum Gasteiger partial charge on any atom is -0.453 e. The number of piperidine rings is 1. The minimum atomic E-state index is -0.679. The van der Waals surface area contributed by atoms with Gasteiger partial charge < -0.3 is 29.7 Å². The second kappa shape index (κ2) is 14.8. The fourth-order valence-electron chi connectivity index (χ4n) is 8.83. The first-order valence-corrected chi connectivity index (χ1v) is 19.8. The normalized spacial score (nSPS) is 21.2. The van der Waals surface area contributed by atoms with Gasteiger partial charge in [-0.25, -0.2) is 19.6 Å². The van der Waals surface area contributed by atoms with Crippen LogP contribution in [0.15, 0.2) is 73.1 Å². The molecule has 4 heterocycles. The highest BCUT2D eigenvalue weighted by molar-refractivity contribution is 5.91. The van der Waals surface area contributed by atoms with E-state index in [0.29, 0.717) is 12.5 Å². The van der Waals surface area contributed by atoms with E-state index < -0.39 is 17.7 Å². The number of nitrogens with zero attached hydrogens (tertiary/aromatic N) is 4. The van der Waals surface area contributed by atoms with Crippen molar-refractivity contribution in [2.45, 2.75) is 96.5 Å². The number of H-pyrrole nitrogens is 2. The smallest absolute Gasteiger partial charge is 0.411 e. The maximum atomic E-state index is 13.6. The molecule has 12 nitrogen and oxygen atoms in total. The van der Waals surface area contributed by atoms with Gasteiger partial charge in [-0.3, -0.25) is 9.69 Å². The molecular formula is C44H51N7O5. The second-order valence-electron chi connectivity index (χ2n) is 16.8. The van der Waals surface area contributed by atoms with Crippen LogP contribution in [0.1, 0.15) is 90.5 Å². The molecule has 292 valence electrons. The van der Waals surface area contributed by atoms with E-state index in [0.717, 1.165) is 88.2 Å². The van der Waals surface area contributed by atoms with Gasteiger partial charge in [0, 0.05) is 18.2 Å². The summed E-state index contributed by atoms with van der Waals surface area (Å²) in [5.74, 6) is 1.72. The number of amides is 3. The van der Waals surface area contributed by atoms with Crippen LogP contribution in [-0.4, -0.2) is 79.2 Å². The molecule has 3 aliphatic rings. The number of aromatic nitrogens is 4. The predicted octanol–water partition coefficient (Wildman–Crippen LogP) is 8.79. The summed E-state index contributed by atoms with van der Waals surface area (Å²) in [5.41, 5.74) is 5.53. The van der Waals surface area contributed by atoms with Gasteiger partial charge in [0.2, 0.25) is 5.91 Å². The molecule has 1 aliphatic carbocycles. The topological polar surface area (TPSA) is 146 Å². The maximum Gasteiger partial charge on any atom is 0.411 e. The van der Waals surface area contributed by atoms with Crippen LogP contribution >= 0.6 is 0 Å². The minimum absolute atomic E-state index is 0.0963. The molecule has 0 radical (unpaired) electrons. The van der Waals surface area contributed by atoms with Crippen molar-refractivity contribution in [1.82, 2.24) is 35.1 Å². The van der Waals surface area contributed by atoms with Crippen molar-refractivity contribution in [3.63, 3.8) is 0 Å². The Bertz CT molecular complexity index is 2250. The Kier molecular flexibility index (Phi) is 9.84. The molecule has 12 heteroatoms. The van der Waals surface area contributed by atoms with Crippen LogP contribution < -0.4 is 5.32 Å². The summed E-state index contributed by atoms with van der Waals surface area (Å²) in [7, 11) is 1.30. The predicted molar refractivity (Wildman–Crippen MR) is 214 cm³/mol. The van der Waals surface area contributed by atoms with Gasteiger partial charge in [0.1, 0.15) is 23.3 Å². The van der Waals surface area contributed by atoms with Gasteiger partial charge in [0.05, 0.1) is 43.0 Å². The van der Waals surface area contributed by atoms with E-state index in [2.05, 4.69) is 75.9 Å². The number of carbonyl (C=O) groups is 3. The molecule has 3 aromatic carbocycles. The van der Waals surface area contributed by atoms with Crippen molar-refractivity contribution in [2.24, 2.45) is 11.8 Å². The second-order valence-corrected chi connectivity index (χ2v) is 16.8. The Hall–Kier alpha value is -5.65. The number of aromatic amines is 2. The van der Waals surface area contributed by atoms with Crippen LogP contribution in [0.25, 0.3) is 44.4 Å². The molecule has 2 aromatic heterocycles. The number of likely N-dealkylation sites (tertiary alicyclic amines) is 2. The molecule has 3 fully saturated rings. The summed E-state index contributed by atoms with van der Waals surface area (Å²) in [4.78, 5) is 59.0. The van der Waals surface area contributed by atoms with Crippen LogP contribution in [0.3, 0.4) is 0 Å². The van der Waals surface area contributed by atoms with Crippen LogP contribution in [0.5, 0.6) is 0 Å². The van der Waals surface area contributed by atoms with E-state index in [4.69, 9.17) is 19.4 Å². The number of ether oxygens (including phenoxy) is 2. The number of rotatable bonds is 8. The zero-order chi connectivity index (χ0) is 39.3. The van der Waals surface area contributed by atoms with E-state index in [-0.39, 0.29) is 36.0 Å². The van der Waals surface area contributed by atoms with Gasteiger partial charge in [-0.05, 0) is 104 Å². The molecule has 3 N–H and O–H groups in total. The SMILES string of the molecule is COC(=O)N[C@H](C(=O)N1CCC[C@H]1c1ncc(-c2ccc3cc(-c4ccc(-c5cnc([C@@H]6[C@@H]7CC[C@@H](C7)N6C(=O)OC(C)(C)C)[nH]5)cc4)ccc3c2)[nH]1)C(C)C. The Morgan fingerprint density at radius 2 is 1.45 bits per heavy atom. The van der Waals surface area contributed by atoms with Crippen LogP contribution in [-0.2, 0) is 14.3 Å². The highest BCUT2D eigenvalue weighted by Crippen LogP contribution is 2.50. The first-order chi connectivity index (χ1) is 26.9. The summed E-state index contributed by atoms with van der Waals surface area (Å²) >= 11 is 0. The quantitative estimate of drug-likeness (QED) is 0.143. The molecule has 56 heavy (non-hydrogen) atoms. The van der Waals surface area contributed by atoms with Crippen LogP contribution in [0.4, 0.5) is 9.59 Å². The third kappa shape index (κ3) is 7.24. The molecule has 2 saturated heterocycles. The number of fused-ring (bicyclic) bond motifs is 3. The third-order valence-electron chi connectivity index (χ3n) is 11.6. The highest BCUT2D eigenvalue weighted by atomic mass is 16.6. The number of imidazole rings is 2. The van der Waals surface area contributed by atoms with Crippen LogP contribution in [0, 0.1) is 11.8 Å². The van der Waals surface area contributed by atoms with E-state index in [1.807, 2.05) is 56.8 Å². The van der Waals surface area contributed by atoms with Crippen molar-refractivity contribution in [2.75, 3.05) is 13.7 Å². The Labute approximate surface area is 327 Å². The van der Waals surface area contributed by atoms with E-state index in [1.54, 1.807) is 0 Å². The average molecular weight is 758 g/mol. The maximum absolute atomic E-state index is 13.6. The molecule has 0 unspecified atom stereocenters. The largest absolute Gasteiger partial charge is 0.453 e. The Morgan fingerprint density at radius 3 is 2.14 bits per heavy atom. The summed E-state index contributed by atoms with van der Waals surface area (Å²) in [6.45, 7) is 10.1.